The van der Waals surface area contributed by atoms with Crippen LogP contribution in [0.3, 0.4) is 0 Å². The van der Waals surface area contributed by atoms with E-state index in [-0.39, 0.29) is 12.2 Å². The Morgan fingerprint density at radius 3 is 2.37 bits per heavy atom. The van der Waals surface area contributed by atoms with Crippen LogP contribution in [0.4, 0.5) is 0 Å². The predicted octanol–water partition coefficient (Wildman–Crippen LogP) is 4.48. The summed E-state index contributed by atoms with van der Waals surface area (Å²) < 4.78 is 5.90. The van der Waals surface area contributed by atoms with E-state index in [1.165, 1.54) is 25.7 Å². The number of aliphatic hydroxyl groups excluding tert-OH is 1. The van der Waals surface area contributed by atoms with Crippen molar-refractivity contribution in [2.45, 2.75) is 71.2 Å². The van der Waals surface area contributed by atoms with Crippen molar-refractivity contribution in [1.29, 1.82) is 0 Å². The summed E-state index contributed by atoms with van der Waals surface area (Å²) >= 11 is 0. The molecule has 2 nitrogen and oxygen atoms in total. The number of hydrogen-bond donors (Lipinski definition) is 1. The van der Waals surface area contributed by atoms with E-state index in [1.54, 1.807) is 0 Å². The van der Waals surface area contributed by atoms with E-state index < -0.39 is 6.10 Å². The first-order chi connectivity index (χ1) is 9.15. The molecule has 19 heavy (non-hydrogen) atoms. The van der Waals surface area contributed by atoms with E-state index in [1.807, 2.05) is 37.3 Å². The van der Waals surface area contributed by atoms with E-state index in [0.717, 1.165) is 12.0 Å². The number of rotatable bonds is 9. The lowest BCUT2D eigenvalue weighted by Crippen LogP contribution is -2.23. The van der Waals surface area contributed by atoms with E-state index in [0.29, 0.717) is 0 Å². The van der Waals surface area contributed by atoms with Crippen molar-refractivity contribution in [3.63, 3.8) is 0 Å². The van der Waals surface area contributed by atoms with Gasteiger partial charge in [0.1, 0.15) is 6.10 Å². The molecule has 0 bridgehead atoms. The highest BCUT2D eigenvalue weighted by Crippen LogP contribution is 2.21. The van der Waals surface area contributed by atoms with Gasteiger partial charge in [-0.25, -0.2) is 0 Å². The van der Waals surface area contributed by atoms with Gasteiger partial charge in [-0.15, -0.1) is 0 Å². The summed E-state index contributed by atoms with van der Waals surface area (Å²) in [6, 6.07) is 9.73. The molecule has 0 spiro atoms. The van der Waals surface area contributed by atoms with Crippen molar-refractivity contribution in [3.05, 3.63) is 35.9 Å². The van der Waals surface area contributed by atoms with Crippen molar-refractivity contribution < 1.29 is 9.84 Å². The zero-order valence-electron chi connectivity index (χ0n) is 12.5. The molecule has 1 N–H and O–H groups in total. The smallest absolute Gasteiger partial charge is 0.105 e. The summed E-state index contributed by atoms with van der Waals surface area (Å²) in [7, 11) is 0. The minimum Gasteiger partial charge on any atom is -0.386 e. The minimum atomic E-state index is -0.542. The molecule has 108 valence electrons. The van der Waals surface area contributed by atoms with Crippen LogP contribution in [0.5, 0.6) is 0 Å². The molecule has 0 saturated carbocycles. The summed E-state index contributed by atoms with van der Waals surface area (Å²) in [6.07, 6.45) is 5.63. The molecule has 0 aromatic heterocycles. The quantitative estimate of drug-likeness (QED) is 0.666. The van der Waals surface area contributed by atoms with Gasteiger partial charge in [0.2, 0.25) is 0 Å². The highest BCUT2D eigenvalue weighted by Gasteiger charge is 2.18. The monoisotopic (exact) mass is 264 g/mol. The Bertz CT molecular complexity index is 323. The van der Waals surface area contributed by atoms with Crippen LogP contribution < -0.4 is 0 Å². The lowest BCUT2D eigenvalue weighted by atomic mass is 10.0. The summed E-state index contributed by atoms with van der Waals surface area (Å²) in [5.41, 5.74) is 0.924. The third-order valence-corrected chi connectivity index (χ3v) is 3.50. The zero-order valence-corrected chi connectivity index (χ0v) is 12.5. The number of benzene rings is 1. The first-order valence-corrected chi connectivity index (χ1v) is 7.53. The minimum absolute atomic E-state index is 0.163. The molecule has 1 rings (SSSR count). The van der Waals surface area contributed by atoms with Crippen LogP contribution >= 0.6 is 0 Å². The summed E-state index contributed by atoms with van der Waals surface area (Å²) in [5.74, 6) is 0. The average Bonchev–Trinajstić information content (AvgIpc) is 2.43. The van der Waals surface area contributed by atoms with E-state index in [9.17, 15) is 5.11 Å². The predicted molar refractivity (Wildman–Crippen MR) is 80.2 cm³/mol. The lowest BCUT2D eigenvalue weighted by Gasteiger charge is -2.24. The average molecular weight is 264 g/mol. The SMILES string of the molecule is CCCCCCC(C)OC(C)C(O)c1ccccc1. The molecule has 3 atom stereocenters. The fourth-order valence-corrected chi connectivity index (χ4v) is 2.29. The van der Waals surface area contributed by atoms with Crippen LogP contribution in [0.2, 0.25) is 0 Å². The number of unbranched alkanes of at least 4 members (excludes halogenated alkanes) is 3. The van der Waals surface area contributed by atoms with Gasteiger partial charge in [0.15, 0.2) is 0 Å². The van der Waals surface area contributed by atoms with Gasteiger partial charge in [-0.1, -0.05) is 62.9 Å². The largest absolute Gasteiger partial charge is 0.386 e. The maximum atomic E-state index is 10.2. The van der Waals surface area contributed by atoms with E-state index >= 15 is 0 Å². The van der Waals surface area contributed by atoms with Crippen molar-refractivity contribution in [1.82, 2.24) is 0 Å². The molecule has 0 aliphatic carbocycles. The van der Waals surface area contributed by atoms with Gasteiger partial charge in [0, 0.05) is 0 Å². The van der Waals surface area contributed by atoms with E-state index in [2.05, 4.69) is 13.8 Å². The summed E-state index contributed by atoms with van der Waals surface area (Å²) in [4.78, 5) is 0. The number of ether oxygens (including phenoxy) is 1. The van der Waals surface area contributed by atoms with Gasteiger partial charge in [0.25, 0.3) is 0 Å². The molecule has 2 heteroatoms. The fraction of sp³-hybridized carbons (Fsp3) is 0.647. The molecule has 1 aromatic carbocycles. The van der Waals surface area contributed by atoms with Crippen LogP contribution in [0.25, 0.3) is 0 Å². The zero-order chi connectivity index (χ0) is 14.1. The molecule has 0 aliphatic heterocycles. The molecule has 0 amide bonds. The third kappa shape index (κ3) is 6.22. The maximum absolute atomic E-state index is 10.2. The molecule has 0 fully saturated rings. The second-order valence-electron chi connectivity index (χ2n) is 5.36. The molecule has 3 unspecified atom stereocenters. The van der Waals surface area contributed by atoms with Gasteiger partial charge in [-0.3, -0.25) is 0 Å². The number of aliphatic hydroxyl groups is 1. The van der Waals surface area contributed by atoms with Crippen LogP contribution in [-0.4, -0.2) is 17.3 Å². The lowest BCUT2D eigenvalue weighted by molar-refractivity contribution is -0.0653. The number of hydrogen-bond acceptors (Lipinski definition) is 2. The third-order valence-electron chi connectivity index (χ3n) is 3.50. The van der Waals surface area contributed by atoms with Gasteiger partial charge in [0.05, 0.1) is 12.2 Å². The Balaban J connectivity index is 2.31. The van der Waals surface area contributed by atoms with E-state index in [4.69, 9.17) is 4.74 Å². The summed E-state index contributed by atoms with van der Waals surface area (Å²) in [6.45, 7) is 6.26. The Hall–Kier alpha value is -0.860. The van der Waals surface area contributed by atoms with Gasteiger partial charge in [-0.2, -0.15) is 0 Å². The normalized spacial score (nSPS) is 16.0. The topological polar surface area (TPSA) is 29.5 Å². The van der Waals surface area contributed by atoms with Crippen LogP contribution in [0, 0.1) is 0 Å². The standard InChI is InChI=1S/C17H28O2/c1-4-5-6-8-11-14(2)19-15(3)17(18)16-12-9-7-10-13-16/h7,9-10,12-15,17-18H,4-6,8,11H2,1-3H3. The highest BCUT2D eigenvalue weighted by molar-refractivity contribution is 5.18. The second kappa shape index (κ2) is 9.11. The second-order valence-corrected chi connectivity index (χ2v) is 5.36. The van der Waals surface area contributed by atoms with Crippen molar-refractivity contribution in [2.24, 2.45) is 0 Å². The first-order valence-electron chi connectivity index (χ1n) is 7.53. The maximum Gasteiger partial charge on any atom is 0.105 e. The van der Waals surface area contributed by atoms with Gasteiger partial charge < -0.3 is 9.84 Å². The Kier molecular flexibility index (Phi) is 7.76. The van der Waals surface area contributed by atoms with Crippen LogP contribution in [-0.2, 0) is 4.74 Å². The fourth-order valence-electron chi connectivity index (χ4n) is 2.29. The first kappa shape index (κ1) is 16.2. The van der Waals surface area contributed by atoms with Crippen molar-refractivity contribution in [2.75, 3.05) is 0 Å². The molecule has 0 radical (unpaired) electrons. The van der Waals surface area contributed by atoms with Crippen LogP contribution in [0.1, 0.15) is 64.5 Å². The molecule has 0 saturated heterocycles. The van der Waals surface area contributed by atoms with Crippen molar-refractivity contribution >= 4 is 0 Å². The molecule has 0 aliphatic rings. The Labute approximate surface area is 117 Å². The molecular weight excluding hydrogens is 236 g/mol. The molecule has 0 heterocycles. The summed E-state index contributed by atoms with van der Waals surface area (Å²) in [5, 5.41) is 10.2. The van der Waals surface area contributed by atoms with Gasteiger partial charge in [-0.05, 0) is 25.8 Å². The Morgan fingerprint density at radius 1 is 1.05 bits per heavy atom. The Morgan fingerprint density at radius 2 is 1.74 bits per heavy atom. The van der Waals surface area contributed by atoms with Gasteiger partial charge >= 0.3 is 0 Å². The molecule has 1 aromatic rings. The molecular formula is C17H28O2. The van der Waals surface area contributed by atoms with Crippen molar-refractivity contribution in [3.8, 4) is 0 Å². The highest BCUT2D eigenvalue weighted by atomic mass is 16.5. The van der Waals surface area contributed by atoms with Crippen LogP contribution in [0.15, 0.2) is 30.3 Å².